The van der Waals surface area contributed by atoms with Gasteiger partial charge in [0.1, 0.15) is 5.82 Å². The van der Waals surface area contributed by atoms with Gasteiger partial charge in [0.2, 0.25) is 0 Å². The van der Waals surface area contributed by atoms with Crippen LogP contribution < -0.4 is 5.73 Å². The van der Waals surface area contributed by atoms with Gasteiger partial charge in [0.25, 0.3) is 0 Å². The minimum Gasteiger partial charge on any atom is -0.396 e. The van der Waals surface area contributed by atoms with E-state index in [2.05, 4.69) is 0 Å². The normalized spacial score (nSPS) is 10.5. The summed E-state index contributed by atoms with van der Waals surface area (Å²) in [6.45, 7) is 0. The summed E-state index contributed by atoms with van der Waals surface area (Å²) in [5.74, 6) is -3.32. The number of benzene rings is 1. The molecule has 9 heteroatoms. The maximum Gasteiger partial charge on any atom is 0.394 e. The van der Waals surface area contributed by atoms with Crippen LogP contribution in [0.3, 0.4) is 0 Å². The number of nitrogens with two attached hydrogens (primary N) is 1. The van der Waals surface area contributed by atoms with Gasteiger partial charge in [-0.05, 0) is 0 Å². The summed E-state index contributed by atoms with van der Waals surface area (Å²) in [4.78, 5) is 0. The van der Waals surface area contributed by atoms with Crippen molar-refractivity contribution in [2.24, 2.45) is 0 Å². The second-order valence-corrected chi connectivity index (χ2v) is 3.13. The Bertz CT molecular complexity index is 390. The molecule has 86 valence electrons. The van der Waals surface area contributed by atoms with Crippen LogP contribution in [0.2, 0.25) is 0 Å². The van der Waals surface area contributed by atoms with Crippen LogP contribution in [-0.4, -0.2) is 17.5 Å². The Labute approximate surface area is 82.9 Å². The smallest absolute Gasteiger partial charge is 0.394 e. The van der Waals surface area contributed by atoms with Crippen LogP contribution in [0.5, 0.6) is 0 Å². The largest absolute Gasteiger partial charge is 0.396 e. The predicted molar refractivity (Wildman–Crippen MR) is 44.9 cm³/mol. The molecule has 0 aliphatic carbocycles. The van der Waals surface area contributed by atoms with Gasteiger partial charge < -0.3 is 5.73 Å². The first-order chi connectivity index (χ1) is 6.61. The Hall–Kier alpha value is -1.32. The van der Waals surface area contributed by atoms with E-state index in [1.165, 1.54) is 0 Å². The summed E-state index contributed by atoms with van der Waals surface area (Å²) in [7, 11) is -4.67. The fraction of sp³-hybridized carbons (Fsp3) is 0. The highest BCUT2D eigenvalue weighted by Crippen LogP contribution is 2.14. The van der Waals surface area contributed by atoms with E-state index in [0.29, 0.717) is 12.1 Å². The molecule has 0 aliphatic rings. The monoisotopic (exact) mass is 245 g/mol. The molecule has 1 aromatic carbocycles. The van der Waals surface area contributed by atoms with Gasteiger partial charge in [-0.2, -0.15) is 8.42 Å². The van der Waals surface area contributed by atoms with Gasteiger partial charge in [-0.15, -0.1) is 0 Å². The fourth-order valence-electron chi connectivity index (χ4n) is 0.538. The van der Waals surface area contributed by atoms with Crippen molar-refractivity contribution in [3.63, 3.8) is 0 Å². The minimum atomic E-state index is -4.67. The van der Waals surface area contributed by atoms with Gasteiger partial charge in [-0.3, -0.25) is 9.11 Å². The lowest BCUT2D eigenvalue weighted by atomic mass is 10.3. The SMILES string of the molecule is Nc1cc(F)c(F)cc1F.O=S(=O)(O)O. The van der Waals surface area contributed by atoms with Crippen molar-refractivity contribution < 1.29 is 30.7 Å². The first-order valence-electron chi connectivity index (χ1n) is 3.21. The molecule has 0 unspecified atom stereocenters. The van der Waals surface area contributed by atoms with Crippen LogP contribution in [0.4, 0.5) is 18.9 Å². The van der Waals surface area contributed by atoms with Crippen LogP contribution in [0.15, 0.2) is 12.1 Å². The molecule has 0 heterocycles. The van der Waals surface area contributed by atoms with Gasteiger partial charge in [0.05, 0.1) is 5.69 Å². The van der Waals surface area contributed by atoms with E-state index >= 15 is 0 Å². The molecule has 0 spiro atoms. The Kier molecular flexibility index (Phi) is 4.52. The zero-order valence-electron chi connectivity index (χ0n) is 6.99. The molecular weight excluding hydrogens is 239 g/mol. The van der Waals surface area contributed by atoms with E-state index in [-0.39, 0.29) is 5.69 Å². The van der Waals surface area contributed by atoms with Crippen molar-refractivity contribution >= 4 is 16.1 Å². The second kappa shape index (κ2) is 4.96. The topological polar surface area (TPSA) is 101 Å². The average molecular weight is 245 g/mol. The van der Waals surface area contributed by atoms with E-state index in [1.54, 1.807) is 0 Å². The van der Waals surface area contributed by atoms with Gasteiger partial charge in [0.15, 0.2) is 11.6 Å². The fourth-order valence-corrected chi connectivity index (χ4v) is 0.538. The van der Waals surface area contributed by atoms with Crippen molar-refractivity contribution in [3.05, 3.63) is 29.6 Å². The average Bonchev–Trinajstić information content (AvgIpc) is 1.98. The molecular formula is C6H6F3NO4S. The van der Waals surface area contributed by atoms with Crippen molar-refractivity contribution in [1.29, 1.82) is 0 Å². The summed E-state index contributed by atoms with van der Waals surface area (Å²) in [5, 5.41) is 0. The molecule has 0 aromatic heterocycles. The summed E-state index contributed by atoms with van der Waals surface area (Å²) < 4.78 is 68.0. The molecule has 0 aliphatic heterocycles. The number of rotatable bonds is 0. The van der Waals surface area contributed by atoms with Crippen molar-refractivity contribution in [1.82, 2.24) is 0 Å². The van der Waals surface area contributed by atoms with E-state index < -0.39 is 27.9 Å². The third kappa shape index (κ3) is 6.71. The Balaban J connectivity index is 0.000000336. The molecule has 15 heavy (non-hydrogen) atoms. The van der Waals surface area contributed by atoms with Crippen molar-refractivity contribution in [3.8, 4) is 0 Å². The Morgan fingerprint density at radius 3 is 1.67 bits per heavy atom. The molecule has 0 amide bonds. The third-order valence-electron chi connectivity index (χ3n) is 1.04. The lowest BCUT2D eigenvalue weighted by Crippen LogP contribution is -1.94. The summed E-state index contributed by atoms with van der Waals surface area (Å²) in [6.07, 6.45) is 0. The Morgan fingerprint density at radius 1 is 1.00 bits per heavy atom. The van der Waals surface area contributed by atoms with Gasteiger partial charge >= 0.3 is 10.4 Å². The van der Waals surface area contributed by atoms with Crippen LogP contribution >= 0.6 is 0 Å². The van der Waals surface area contributed by atoms with E-state index in [9.17, 15) is 13.2 Å². The summed E-state index contributed by atoms with van der Waals surface area (Å²) in [5.41, 5.74) is 4.52. The molecule has 1 rings (SSSR count). The van der Waals surface area contributed by atoms with Crippen molar-refractivity contribution in [2.45, 2.75) is 0 Å². The van der Waals surface area contributed by atoms with Crippen LogP contribution in [0.1, 0.15) is 0 Å². The lowest BCUT2D eigenvalue weighted by Gasteiger charge is -1.95. The van der Waals surface area contributed by atoms with Crippen LogP contribution in [-0.2, 0) is 10.4 Å². The quantitative estimate of drug-likeness (QED) is 0.360. The highest BCUT2D eigenvalue weighted by molar-refractivity contribution is 7.79. The van der Waals surface area contributed by atoms with E-state index in [0.717, 1.165) is 0 Å². The number of nitrogen functional groups attached to an aromatic ring is 1. The molecule has 5 nitrogen and oxygen atoms in total. The van der Waals surface area contributed by atoms with E-state index in [4.69, 9.17) is 23.3 Å². The molecule has 0 bridgehead atoms. The standard InChI is InChI=1S/C6H4F3N.H2O4S/c7-3-1-5(9)6(10)2-4(3)8;1-5(2,3)4/h1-2H,10H2;(H2,1,2,3,4). The maximum absolute atomic E-state index is 12.2. The highest BCUT2D eigenvalue weighted by Gasteiger charge is 2.05. The number of anilines is 1. The summed E-state index contributed by atoms with van der Waals surface area (Å²) in [6, 6.07) is 1.01. The third-order valence-corrected chi connectivity index (χ3v) is 1.04. The molecule has 0 saturated heterocycles. The molecule has 0 saturated carbocycles. The number of hydrogen-bond donors (Lipinski definition) is 3. The van der Waals surface area contributed by atoms with Crippen molar-refractivity contribution in [2.75, 3.05) is 5.73 Å². The summed E-state index contributed by atoms with van der Waals surface area (Å²) >= 11 is 0. The highest BCUT2D eigenvalue weighted by atomic mass is 32.3. The molecule has 0 atom stereocenters. The van der Waals surface area contributed by atoms with E-state index in [1.807, 2.05) is 0 Å². The maximum atomic E-state index is 12.2. The van der Waals surface area contributed by atoms with Gasteiger partial charge in [-0.1, -0.05) is 0 Å². The molecule has 4 N–H and O–H groups in total. The van der Waals surface area contributed by atoms with Crippen LogP contribution in [0.25, 0.3) is 0 Å². The van der Waals surface area contributed by atoms with Gasteiger partial charge in [0, 0.05) is 12.1 Å². The zero-order valence-corrected chi connectivity index (χ0v) is 7.80. The first kappa shape index (κ1) is 13.7. The zero-order chi connectivity index (χ0) is 12.2. The lowest BCUT2D eigenvalue weighted by molar-refractivity contribution is 0.381. The van der Waals surface area contributed by atoms with Gasteiger partial charge in [-0.25, -0.2) is 13.2 Å². The second-order valence-electron chi connectivity index (χ2n) is 2.24. The Morgan fingerprint density at radius 2 is 1.33 bits per heavy atom. The minimum absolute atomic E-state index is 0.390. The number of halogens is 3. The molecule has 0 radical (unpaired) electrons. The molecule has 1 aromatic rings. The molecule has 0 fully saturated rings. The predicted octanol–water partition coefficient (Wildman–Crippen LogP) is 1.03. The number of hydrogen-bond acceptors (Lipinski definition) is 3. The van der Waals surface area contributed by atoms with Crippen LogP contribution in [0, 0.1) is 17.5 Å². The first-order valence-corrected chi connectivity index (χ1v) is 4.61.